The molecule has 124 valence electrons. The minimum absolute atomic E-state index is 0.113. The van der Waals surface area contributed by atoms with Crippen LogP contribution in [0.4, 0.5) is 5.69 Å². The number of carbonyl (C=O) groups is 1. The lowest BCUT2D eigenvalue weighted by atomic mass is 9.96. The summed E-state index contributed by atoms with van der Waals surface area (Å²) < 4.78 is 2.41. The normalized spacial score (nSPS) is 12.9. The number of carbonyl (C=O) groups excluding carboxylic acids is 1. The number of hydrogen-bond donors (Lipinski definition) is 2. The number of amides is 1. The number of anilines is 1. The van der Waals surface area contributed by atoms with E-state index in [0.717, 1.165) is 10.2 Å². The van der Waals surface area contributed by atoms with Gasteiger partial charge in [-0.15, -0.1) is 10.2 Å². The first kappa shape index (κ1) is 17.8. The van der Waals surface area contributed by atoms with Crippen molar-refractivity contribution in [3.63, 3.8) is 0 Å². The zero-order chi connectivity index (χ0) is 17.2. The number of nitrogens with zero attached hydrogens (tertiary/aromatic N) is 3. The molecule has 23 heavy (non-hydrogen) atoms. The molecule has 1 atom stereocenters. The molecule has 1 aromatic carbocycles. The summed E-state index contributed by atoms with van der Waals surface area (Å²) in [6.07, 6.45) is 0. The van der Waals surface area contributed by atoms with Gasteiger partial charge >= 0.3 is 0 Å². The Balaban J connectivity index is 2.04. The minimum Gasteiger partial charge on any atom is -0.336 e. The lowest BCUT2D eigenvalue weighted by Gasteiger charge is -2.17. The fraction of sp³-hybridized carbons (Fsp3) is 0.400. The highest BCUT2D eigenvalue weighted by Gasteiger charge is 2.25. The Morgan fingerprint density at radius 3 is 2.43 bits per heavy atom. The summed E-state index contributed by atoms with van der Waals surface area (Å²) in [6.45, 7) is 7.85. The average Bonchev–Trinajstić information content (AvgIpc) is 2.82. The smallest absolute Gasteiger partial charge is 0.237 e. The van der Waals surface area contributed by atoms with Gasteiger partial charge in [-0.25, -0.2) is 4.68 Å². The third kappa shape index (κ3) is 4.48. The third-order valence-electron chi connectivity index (χ3n) is 3.10. The molecule has 1 aromatic heterocycles. The van der Waals surface area contributed by atoms with Crippen molar-refractivity contribution in [3.8, 4) is 0 Å². The Bertz CT molecular complexity index is 693. The first-order chi connectivity index (χ1) is 10.7. The van der Waals surface area contributed by atoms with E-state index in [1.165, 1.54) is 16.4 Å². The van der Waals surface area contributed by atoms with E-state index in [1.807, 2.05) is 52.0 Å². The Morgan fingerprint density at radius 2 is 1.91 bits per heavy atom. The molecule has 0 bridgehead atoms. The molecular weight excluding hydrogens is 378 g/mol. The standard InChI is InChI=1S/C15H20BrN5OS/c1-9(12(22)18-11-7-5-10(16)6-8-11)23-14-20-19-13(21(14)17)15(2,3)4/h5-9H,17H2,1-4H3,(H,18,22)/t9-/m1/s1. The van der Waals surface area contributed by atoms with E-state index in [-0.39, 0.29) is 16.6 Å². The van der Waals surface area contributed by atoms with E-state index in [1.54, 1.807) is 0 Å². The molecule has 8 heteroatoms. The van der Waals surface area contributed by atoms with Gasteiger partial charge in [-0.3, -0.25) is 4.79 Å². The monoisotopic (exact) mass is 397 g/mol. The molecule has 0 radical (unpaired) electrons. The summed E-state index contributed by atoms with van der Waals surface area (Å²) in [6, 6.07) is 7.42. The van der Waals surface area contributed by atoms with Crippen LogP contribution in [0, 0.1) is 0 Å². The molecule has 6 nitrogen and oxygen atoms in total. The van der Waals surface area contributed by atoms with Gasteiger partial charge in [-0.2, -0.15) is 0 Å². The van der Waals surface area contributed by atoms with E-state index in [4.69, 9.17) is 5.84 Å². The van der Waals surface area contributed by atoms with Crippen molar-refractivity contribution in [1.82, 2.24) is 14.9 Å². The molecule has 0 saturated carbocycles. The summed E-state index contributed by atoms with van der Waals surface area (Å²) in [5, 5.41) is 11.3. The molecule has 1 amide bonds. The fourth-order valence-electron chi connectivity index (χ4n) is 1.86. The van der Waals surface area contributed by atoms with Gasteiger partial charge in [0.2, 0.25) is 11.1 Å². The largest absolute Gasteiger partial charge is 0.336 e. The molecule has 2 rings (SSSR count). The van der Waals surface area contributed by atoms with E-state index in [9.17, 15) is 4.79 Å². The van der Waals surface area contributed by atoms with Crippen LogP contribution in [0.3, 0.4) is 0 Å². The second-order valence-corrected chi connectivity index (χ2v) is 8.41. The van der Waals surface area contributed by atoms with Crippen molar-refractivity contribution >= 4 is 39.3 Å². The van der Waals surface area contributed by atoms with Crippen LogP contribution in [0.5, 0.6) is 0 Å². The highest BCUT2D eigenvalue weighted by molar-refractivity contribution is 9.10. The van der Waals surface area contributed by atoms with Crippen molar-refractivity contribution < 1.29 is 4.79 Å². The number of nitrogen functional groups attached to an aromatic ring is 1. The second kappa shape index (κ2) is 6.92. The molecule has 0 saturated heterocycles. The topological polar surface area (TPSA) is 85.8 Å². The van der Waals surface area contributed by atoms with Crippen molar-refractivity contribution in [2.24, 2.45) is 0 Å². The Kier molecular flexibility index (Phi) is 5.36. The molecule has 3 N–H and O–H groups in total. The van der Waals surface area contributed by atoms with E-state index in [2.05, 4.69) is 31.4 Å². The fourth-order valence-corrected chi connectivity index (χ4v) is 2.89. The molecule has 0 aliphatic carbocycles. The zero-order valence-corrected chi connectivity index (χ0v) is 15.9. The number of benzene rings is 1. The van der Waals surface area contributed by atoms with E-state index in [0.29, 0.717) is 11.0 Å². The summed E-state index contributed by atoms with van der Waals surface area (Å²) in [5.41, 5.74) is 0.541. The first-order valence-electron chi connectivity index (χ1n) is 7.12. The summed E-state index contributed by atoms with van der Waals surface area (Å²) in [7, 11) is 0. The molecule has 0 spiro atoms. The summed E-state index contributed by atoms with van der Waals surface area (Å²) in [5.74, 6) is 6.61. The highest BCUT2D eigenvalue weighted by atomic mass is 79.9. The van der Waals surface area contributed by atoms with Gasteiger partial charge in [-0.1, -0.05) is 48.5 Å². The van der Waals surface area contributed by atoms with Crippen molar-refractivity contribution in [2.45, 2.75) is 43.5 Å². The van der Waals surface area contributed by atoms with Crippen molar-refractivity contribution in [1.29, 1.82) is 0 Å². The predicted octanol–water partition coefficient (Wildman–Crippen LogP) is 3.17. The van der Waals surface area contributed by atoms with E-state index >= 15 is 0 Å². The maximum Gasteiger partial charge on any atom is 0.237 e. The Morgan fingerprint density at radius 1 is 1.30 bits per heavy atom. The van der Waals surface area contributed by atoms with Crippen LogP contribution in [0.1, 0.15) is 33.5 Å². The number of halogens is 1. The number of thioether (sulfide) groups is 1. The molecule has 0 aliphatic heterocycles. The average molecular weight is 398 g/mol. The lowest BCUT2D eigenvalue weighted by molar-refractivity contribution is -0.115. The maximum absolute atomic E-state index is 12.3. The van der Waals surface area contributed by atoms with Crippen LogP contribution < -0.4 is 11.2 Å². The Labute approximate surface area is 148 Å². The molecule has 2 aromatic rings. The van der Waals surface area contributed by atoms with Gasteiger partial charge in [0.1, 0.15) is 0 Å². The van der Waals surface area contributed by atoms with Gasteiger partial charge in [0.25, 0.3) is 0 Å². The predicted molar refractivity (Wildman–Crippen MR) is 97.0 cm³/mol. The quantitative estimate of drug-likeness (QED) is 0.610. The molecule has 0 aliphatic rings. The number of nitrogens with one attached hydrogen (secondary N) is 1. The van der Waals surface area contributed by atoms with E-state index < -0.39 is 0 Å². The van der Waals surface area contributed by atoms with Crippen LogP contribution >= 0.6 is 27.7 Å². The van der Waals surface area contributed by atoms with Gasteiger partial charge in [0, 0.05) is 15.6 Å². The van der Waals surface area contributed by atoms with Gasteiger partial charge in [0.15, 0.2) is 5.82 Å². The SMILES string of the molecule is C[C@@H](Sc1nnc(C(C)(C)C)n1N)C(=O)Nc1ccc(Br)cc1. The number of aromatic nitrogens is 3. The minimum atomic E-state index is -0.349. The number of nitrogens with two attached hydrogens (primary N) is 1. The summed E-state index contributed by atoms with van der Waals surface area (Å²) in [4.78, 5) is 12.3. The lowest BCUT2D eigenvalue weighted by Crippen LogP contribution is -2.26. The van der Waals surface area contributed by atoms with Gasteiger partial charge in [-0.05, 0) is 31.2 Å². The summed E-state index contributed by atoms with van der Waals surface area (Å²) >= 11 is 4.64. The van der Waals surface area contributed by atoms with Crippen molar-refractivity contribution in [3.05, 3.63) is 34.6 Å². The van der Waals surface area contributed by atoms with Crippen LogP contribution in [-0.2, 0) is 10.2 Å². The number of rotatable bonds is 4. The Hall–Kier alpha value is -1.54. The first-order valence-corrected chi connectivity index (χ1v) is 8.80. The van der Waals surface area contributed by atoms with Crippen LogP contribution in [-0.4, -0.2) is 26.0 Å². The number of hydrogen-bond acceptors (Lipinski definition) is 5. The molecule has 0 unspecified atom stereocenters. The van der Waals surface area contributed by atoms with Crippen LogP contribution in [0.2, 0.25) is 0 Å². The van der Waals surface area contributed by atoms with Gasteiger partial charge in [0.05, 0.1) is 5.25 Å². The zero-order valence-electron chi connectivity index (χ0n) is 13.5. The maximum atomic E-state index is 12.3. The molecule has 1 heterocycles. The van der Waals surface area contributed by atoms with Crippen LogP contribution in [0.15, 0.2) is 33.9 Å². The van der Waals surface area contributed by atoms with Crippen LogP contribution in [0.25, 0.3) is 0 Å². The third-order valence-corrected chi connectivity index (χ3v) is 4.68. The second-order valence-electron chi connectivity index (χ2n) is 6.18. The van der Waals surface area contributed by atoms with Crippen molar-refractivity contribution in [2.75, 3.05) is 11.2 Å². The molecule has 0 fully saturated rings. The highest BCUT2D eigenvalue weighted by Crippen LogP contribution is 2.26. The molecular formula is C15H20BrN5OS. The van der Waals surface area contributed by atoms with Gasteiger partial charge < -0.3 is 11.2 Å².